The number of aldehydes is 1. The third-order valence-corrected chi connectivity index (χ3v) is 4.34. The molecule has 126 valence electrons. The highest BCUT2D eigenvalue weighted by Crippen LogP contribution is 2.30. The number of halogens is 2. The molecule has 3 rings (SSSR count). The Balaban J connectivity index is 1.66. The molecule has 2 aromatic carbocycles. The van der Waals surface area contributed by atoms with E-state index < -0.39 is 5.82 Å². The molecule has 0 aromatic heterocycles. The number of hydrogen-bond acceptors (Lipinski definition) is 4. The topological polar surface area (TPSA) is 49.8 Å². The highest BCUT2D eigenvalue weighted by atomic mass is 35.5. The predicted octanol–water partition coefficient (Wildman–Crippen LogP) is 4.05. The molecule has 0 saturated carbocycles. The number of carbonyl (C=O) groups excluding carboxylic acids is 1. The van der Waals surface area contributed by atoms with Crippen LogP contribution in [-0.4, -0.2) is 30.6 Å². The van der Waals surface area contributed by atoms with Gasteiger partial charge in [-0.3, -0.25) is 4.79 Å². The van der Waals surface area contributed by atoms with Crippen molar-refractivity contribution in [3.05, 3.63) is 52.8 Å². The van der Waals surface area contributed by atoms with Gasteiger partial charge >= 0.3 is 0 Å². The van der Waals surface area contributed by atoms with Crippen LogP contribution in [0.5, 0.6) is 11.5 Å². The third kappa shape index (κ3) is 3.62. The van der Waals surface area contributed by atoms with Crippen molar-refractivity contribution in [1.29, 1.82) is 0 Å². The van der Waals surface area contributed by atoms with Gasteiger partial charge in [-0.15, -0.1) is 0 Å². The average molecular weight is 350 g/mol. The zero-order valence-electron chi connectivity index (χ0n) is 12.9. The second-order valence-electron chi connectivity index (χ2n) is 5.74. The van der Waals surface area contributed by atoms with Crippen LogP contribution in [0.1, 0.15) is 23.2 Å². The maximum Gasteiger partial charge on any atom is 0.157 e. The summed E-state index contributed by atoms with van der Waals surface area (Å²) in [6.07, 6.45) is 1.88. The van der Waals surface area contributed by atoms with Crippen LogP contribution in [0.2, 0.25) is 5.02 Å². The quantitative estimate of drug-likeness (QED) is 0.846. The summed E-state index contributed by atoms with van der Waals surface area (Å²) in [6.45, 7) is 1.16. The smallest absolute Gasteiger partial charge is 0.157 e. The van der Waals surface area contributed by atoms with Crippen molar-refractivity contribution >= 4 is 23.6 Å². The van der Waals surface area contributed by atoms with Crippen molar-refractivity contribution in [3.63, 3.8) is 0 Å². The second kappa shape index (κ2) is 7.09. The van der Waals surface area contributed by atoms with Crippen LogP contribution < -0.4 is 9.64 Å². The molecule has 1 heterocycles. The molecule has 0 spiro atoms. The molecule has 0 atom stereocenters. The minimum atomic E-state index is -0.597. The van der Waals surface area contributed by atoms with E-state index >= 15 is 0 Å². The first-order chi connectivity index (χ1) is 11.6. The predicted molar refractivity (Wildman–Crippen MR) is 90.8 cm³/mol. The standard InChI is InChI=1S/C18H17ClFNO3/c19-13-1-3-15(4-2-13)24-16-5-7-21(8-6-16)17-10-14(23)9-12(11-22)18(17)20/h1-4,9-11,16,23H,5-8H2. The first kappa shape index (κ1) is 16.6. The molecule has 0 unspecified atom stereocenters. The van der Waals surface area contributed by atoms with Gasteiger partial charge in [-0.2, -0.15) is 0 Å². The molecule has 1 fully saturated rings. The lowest BCUT2D eigenvalue weighted by atomic mass is 10.1. The van der Waals surface area contributed by atoms with E-state index in [1.54, 1.807) is 12.1 Å². The Hall–Kier alpha value is -2.27. The molecule has 0 amide bonds. The number of ether oxygens (including phenoxy) is 1. The van der Waals surface area contributed by atoms with Gasteiger partial charge in [0.1, 0.15) is 17.6 Å². The first-order valence-corrected chi connectivity index (χ1v) is 8.09. The number of nitrogens with zero attached hydrogens (tertiary/aromatic N) is 1. The number of hydrogen-bond donors (Lipinski definition) is 1. The molecule has 1 N–H and O–H groups in total. The summed E-state index contributed by atoms with van der Waals surface area (Å²) in [6, 6.07) is 9.66. The number of phenolic OH excluding ortho intramolecular Hbond substituents is 1. The molecule has 1 aliphatic rings. The monoisotopic (exact) mass is 349 g/mol. The Morgan fingerprint density at radius 1 is 1.21 bits per heavy atom. The van der Waals surface area contributed by atoms with E-state index in [9.17, 15) is 14.3 Å². The lowest BCUT2D eigenvalue weighted by Gasteiger charge is -2.34. The van der Waals surface area contributed by atoms with Gasteiger partial charge in [0, 0.05) is 37.0 Å². The van der Waals surface area contributed by atoms with E-state index in [2.05, 4.69) is 0 Å². The largest absolute Gasteiger partial charge is 0.508 e. The summed E-state index contributed by atoms with van der Waals surface area (Å²) in [7, 11) is 0. The maximum atomic E-state index is 14.3. The minimum Gasteiger partial charge on any atom is -0.508 e. The van der Waals surface area contributed by atoms with Gasteiger partial charge in [0.25, 0.3) is 0 Å². The molecule has 1 saturated heterocycles. The van der Waals surface area contributed by atoms with E-state index in [4.69, 9.17) is 16.3 Å². The van der Waals surface area contributed by atoms with Gasteiger partial charge in [-0.25, -0.2) is 4.39 Å². The molecular weight excluding hydrogens is 333 g/mol. The van der Waals surface area contributed by atoms with Crippen LogP contribution in [0, 0.1) is 5.82 Å². The molecular formula is C18H17ClFNO3. The average Bonchev–Trinajstić information content (AvgIpc) is 2.59. The van der Waals surface area contributed by atoms with Crippen LogP contribution in [0.4, 0.5) is 10.1 Å². The van der Waals surface area contributed by atoms with E-state index in [0.717, 1.165) is 11.8 Å². The summed E-state index contributed by atoms with van der Waals surface area (Å²) in [5, 5.41) is 10.3. The van der Waals surface area contributed by atoms with Crippen molar-refractivity contribution in [3.8, 4) is 11.5 Å². The van der Waals surface area contributed by atoms with E-state index in [1.165, 1.54) is 6.07 Å². The van der Waals surface area contributed by atoms with Gasteiger partial charge < -0.3 is 14.7 Å². The van der Waals surface area contributed by atoms with Gasteiger partial charge in [0.05, 0.1) is 11.3 Å². The van der Waals surface area contributed by atoms with E-state index in [0.29, 0.717) is 37.2 Å². The SMILES string of the molecule is O=Cc1cc(O)cc(N2CCC(Oc3ccc(Cl)cc3)CC2)c1F. The molecule has 0 aliphatic carbocycles. The van der Waals surface area contributed by atoms with Crippen LogP contribution in [0.3, 0.4) is 0 Å². The van der Waals surface area contributed by atoms with Gasteiger partial charge in [-0.05, 0) is 30.3 Å². The fraction of sp³-hybridized carbons (Fsp3) is 0.278. The molecule has 1 aliphatic heterocycles. The Labute approximate surface area is 144 Å². The number of piperidine rings is 1. The number of rotatable bonds is 4. The summed E-state index contributed by atoms with van der Waals surface area (Å²) < 4.78 is 20.2. The maximum absolute atomic E-state index is 14.3. The first-order valence-electron chi connectivity index (χ1n) is 7.71. The van der Waals surface area contributed by atoms with Crippen molar-refractivity contribution in [1.82, 2.24) is 0 Å². The zero-order chi connectivity index (χ0) is 17.1. The number of carbonyl (C=O) groups is 1. The van der Waals surface area contributed by atoms with E-state index in [1.807, 2.05) is 17.0 Å². The van der Waals surface area contributed by atoms with Crippen LogP contribution in [0.15, 0.2) is 36.4 Å². The van der Waals surface area contributed by atoms with Crippen LogP contribution in [-0.2, 0) is 0 Å². The van der Waals surface area contributed by atoms with E-state index in [-0.39, 0.29) is 23.1 Å². The summed E-state index contributed by atoms with van der Waals surface area (Å²) >= 11 is 5.85. The molecule has 6 heteroatoms. The van der Waals surface area contributed by atoms with Crippen molar-refractivity contribution in [2.45, 2.75) is 18.9 Å². The molecule has 0 bridgehead atoms. The van der Waals surface area contributed by atoms with Crippen molar-refractivity contribution in [2.24, 2.45) is 0 Å². The van der Waals surface area contributed by atoms with Crippen molar-refractivity contribution in [2.75, 3.05) is 18.0 Å². The number of anilines is 1. The highest BCUT2D eigenvalue weighted by Gasteiger charge is 2.24. The summed E-state index contributed by atoms with van der Waals surface area (Å²) in [5.41, 5.74) is 0.117. The number of aromatic hydroxyl groups is 1. The highest BCUT2D eigenvalue weighted by molar-refractivity contribution is 6.30. The van der Waals surface area contributed by atoms with Crippen LogP contribution >= 0.6 is 11.6 Å². The Bertz CT molecular complexity index is 728. The third-order valence-electron chi connectivity index (χ3n) is 4.09. The fourth-order valence-corrected chi connectivity index (χ4v) is 2.98. The zero-order valence-corrected chi connectivity index (χ0v) is 13.7. The Morgan fingerprint density at radius 2 is 1.88 bits per heavy atom. The Kier molecular flexibility index (Phi) is 4.90. The van der Waals surface area contributed by atoms with Crippen molar-refractivity contribution < 1.29 is 19.0 Å². The molecule has 0 radical (unpaired) electrons. The summed E-state index contributed by atoms with van der Waals surface area (Å²) in [4.78, 5) is 12.7. The number of benzene rings is 2. The summed E-state index contributed by atoms with van der Waals surface area (Å²) in [5.74, 6) is 0.0394. The van der Waals surface area contributed by atoms with Gasteiger partial charge in [0.2, 0.25) is 0 Å². The van der Waals surface area contributed by atoms with Gasteiger partial charge in [0.15, 0.2) is 12.1 Å². The normalized spacial score (nSPS) is 15.3. The number of phenols is 1. The molecule has 24 heavy (non-hydrogen) atoms. The Morgan fingerprint density at radius 3 is 2.50 bits per heavy atom. The lowest BCUT2D eigenvalue weighted by Crippen LogP contribution is -2.38. The van der Waals surface area contributed by atoms with Gasteiger partial charge in [-0.1, -0.05) is 11.6 Å². The second-order valence-corrected chi connectivity index (χ2v) is 6.18. The molecule has 2 aromatic rings. The molecule has 4 nitrogen and oxygen atoms in total. The fourth-order valence-electron chi connectivity index (χ4n) is 2.85. The lowest BCUT2D eigenvalue weighted by molar-refractivity contribution is 0.111. The minimum absolute atomic E-state index is 0.0355. The van der Waals surface area contributed by atoms with Crippen LogP contribution in [0.25, 0.3) is 0 Å².